The minimum absolute atomic E-state index is 0.0850. The molecule has 2 aromatic rings. The molecule has 30 heavy (non-hydrogen) atoms. The summed E-state index contributed by atoms with van der Waals surface area (Å²) in [5.41, 5.74) is 0.0891. The van der Waals surface area contributed by atoms with Crippen molar-refractivity contribution in [3.05, 3.63) is 41.5 Å². The van der Waals surface area contributed by atoms with E-state index in [1.807, 2.05) is 6.07 Å². The zero-order chi connectivity index (χ0) is 21.7. The van der Waals surface area contributed by atoms with Crippen LogP contribution < -0.4 is 4.74 Å². The number of hydrogen-bond donors (Lipinski definition) is 0. The Bertz CT molecular complexity index is 868. The Morgan fingerprint density at radius 2 is 1.80 bits per heavy atom. The lowest BCUT2D eigenvalue weighted by Gasteiger charge is -2.28. The maximum atomic E-state index is 14.0. The third-order valence-electron chi connectivity index (χ3n) is 5.79. The van der Waals surface area contributed by atoms with Crippen LogP contribution >= 0.6 is 0 Å². The monoisotopic (exact) mass is 422 g/mol. The van der Waals surface area contributed by atoms with Gasteiger partial charge in [-0.25, -0.2) is 0 Å². The number of carbonyl (C=O) groups is 1. The normalized spacial score (nSPS) is 19.6. The van der Waals surface area contributed by atoms with Crippen molar-refractivity contribution < 1.29 is 27.4 Å². The molecule has 2 aromatic carbocycles. The highest BCUT2D eigenvalue weighted by Crippen LogP contribution is 2.43. The Hall–Kier alpha value is -2.24. The Kier molecular flexibility index (Phi) is 7.27. The molecule has 0 atom stereocenters. The van der Waals surface area contributed by atoms with Crippen LogP contribution in [0.4, 0.5) is 13.2 Å². The number of esters is 1. The summed E-state index contributed by atoms with van der Waals surface area (Å²) in [6.07, 6.45) is 0.111. The first-order chi connectivity index (χ1) is 14.3. The number of rotatable bonds is 7. The summed E-state index contributed by atoms with van der Waals surface area (Å²) in [5, 5.41) is 0.705. The van der Waals surface area contributed by atoms with E-state index in [9.17, 15) is 18.0 Å². The van der Waals surface area contributed by atoms with Gasteiger partial charge >= 0.3 is 12.1 Å². The van der Waals surface area contributed by atoms with Crippen molar-refractivity contribution in [1.82, 2.24) is 0 Å². The summed E-state index contributed by atoms with van der Waals surface area (Å²) in [7, 11) is 0. The SMILES string of the molecule is CCOC(=O)CCCc1cccc2c(C(F)(F)F)c(OC3CCC(C)CC3)ccc12. The summed E-state index contributed by atoms with van der Waals surface area (Å²) in [6.45, 7) is 4.23. The molecule has 0 radical (unpaired) electrons. The van der Waals surface area contributed by atoms with Crippen LogP contribution in [0.2, 0.25) is 0 Å². The summed E-state index contributed by atoms with van der Waals surface area (Å²) in [6, 6.07) is 8.13. The highest BCUT2D eigenvalue weighted by molar-refractivity contribution is 5.91. The lowest BCUT2D eigenvalue weighted by molar-refractivity contribution is -0.143. The van der Waals surface area contributed by atoms with Crippen molar-refractivity contribution in [1.29, 1.82) is 0 Å². The van der Waals surface area contributed by atoms with Gasteiger partial charge in [0.15, 0.2) is 0 Å². The molecule has 0 unspecified atom stereocenters. The van der Waals surface area contributed by atoms with Crippen LogP contribution in [0.25, 0.3) is 10.8 Å². The molecule has 1 fully saturated rings. The van der Waals surface area contributed by atoms with Gasteiger partial charge in [-0.15, -0.1) is 0 Å². The van der Waals surface area contributed by atoms with Crippen LogP contribution in [-0.2, 0) is 22.1 Å². The van der Waals surface area contributed by atoms with Gasteiger partial charge in [0.2, 0.25) is 0 Å². The second kappa shape index (κ2) is 9.71. The number of alkyl halides is 3. The molecule has 0 spiro atoms. The number of ether oxygens (including phenoxy) is 2. The van der Waals surface area contributed by atoms with Crippen molar-refractivity contribution in [2.24, 2.45) is 5.92 Å². The largest absolute Gasteiger partial charge is 0.490 e. The highest BCUT2D eigenvalue weighted by Gasteiger charge is 2.37. The Morgan fingerprint density at radius 1 is 1.07 bits per heavy atom. The zero-order valence-electron chi connectivity index (χ0n) is 17.6. The van der Waals surface area contributed by atoms with Crippen molar-refractivity contribution in [2.45, 2.75) is 71.1 Å². The summed E-state index contributed by atoms with van der Waals surface area (Å²) in [5.74, 6) is 0.227. The van der Waals surface area contributed by atoms with Gasteiger partial charge in [0.25, 0.3) is 0 Å². The first-order valence-electron chi connectivity index (χ1n) is 10.7. The third-order valence-corrected chi connectivity index (χ3v) is 5.79. The van der Waals surface area contributed by atoms with Crippen LogP contribution in [0.1, 0.15) is 63.5 Å². The number of aryl methyl sites for hydroxylation is 1. The van der Waals surface area contributed by atoms with E-state index in [4.69, 9.17) is 9.47 Å². The average molecular weight is 422 g/mol. The van der Waals surface area contributed by atoms with Gasteiger partial charge in [0, 0.05) is 6.42 Å². The maximum Gasteiger partial charge on any atom is 0.420 e. The maximum absolute atomic E-state index is 14.0. The van der Waals surface area contributed by atoms with E-state index in [0.717, 1.165) is 31.2 Å². The number of halogens is 3. The van der Waals surface area contributed by atoms with E-state index in [0.29, 0.717) is 30.8 Å². The first-order valence-corrected chi connectivity index (χ1v) is 10.7. The topological polar surface area (TPSA) is 35.5 Å². The Morgan fingerprint density at radius 3 is 2.47 bits per heavy atom. The molecule has 0 saturated heterocycles. The lowest BCUT2D eigenvalue weighted by Crippen LogP contribution is -2.24. The number of hydrogen-bond acceptors (Lipinski definition) is 3. The number of benzene rings is 2. The predicted molar refractivity (Wildman–Crippen MR) is 111 cm³/mol. The summed E-state index contributed by atoms with van der Waals surface area (Å²) >= 11 is 0. The third kappa shape index (κ3) is 5.46. The fourth-order valence-electron chi connectivity index (χ4n) is 4.19. The molecular formula is C24H29F3O3. The van der Waals surface area contributed by atoms with Crippen molar-refractivity contribution in [3.63, 3.8) is 0 Å². The minimum Gasteiger partial charge on any atom is -0.490 e. The molecule has 0 aromatic heterocycles. The minimum atomic E-state index is -4.51. The van der Waals surface area contributed by atoms with E-state index < -0.39 is 11.7 Å². The van der Waals surface area contributed by atoms with E-state index in [-0.39, 0.29) is 29.6 Å². The lowest BCUT2D eigenvalue weighted by atomic mass is 9.89. The molecule has 3 nitrogen and oxygen atoms in total. The van der Waals surface area contributed by atoms with Crippen LogP contribution in [0.5, 0.6) is 5.75 Å². The van der Waals surface area contributed by atoms with Crippen molar-refractivity contribution >= 4 is 16.7 Å². The van der Waals surface area contributed by atoms with E-state index in [1.165, 1.54) is 12.1 Å². The second-order valence-corrected chi connectivity index (χ2v) is 8.11. The predicted octanol–water partition coefficient (Wildman–Crippen LogP) is 6.70. The second-order valence-electron chi connectivity index (χ2n) is 8.11. The smallest absolute Gasteiger partial charge is 0.420 e. The quantitative estimate of drug-likeness (QED) is 0.466. The van der Waals surface area contributed by atoms with Crippen molar-refractivity contribution in [2.75, 3.05) is 6.61 Å². The Balaban J connectivity index is 1.87. The van der Waals surface area contributed by atoms with Gasteiger partial charge in [-0.1, -0.05) is 31.2 Å². The molecule has 0 N–H and O–H groups in total. The average Bonchev–Trinajstić information content (AvgIpc) is 2.69. The molecule has 3 rings (SSSR count). The van der Waals surface area contributed by atoms with Gasteiger partial charge in [-0.3, -0.25) is 4.79 Å². The fraction of sp³-hybridized carbons (Fsp3) is 0.542. The van der Waals surface area contributed by atoms with Gasteiger partial charge in [0.1, 0.15) is 11.3 Å². The molecule has 1 saturated carbocycles. The van der Waals surface area contributed by atoms with Gasteiger partial charge in [-0.05, 0) is 73.8 Å². The van der Waals surface area contributed by atoms with Crippen LogP contribution in [0, 0.1) is 5.92 Å². The molecule has 0 amide bonds. The first kappa shape index (κ1) is 22.4. The van der Waals surface area contributed by atoms with Crippen LogP contribution in [-0.4, -0.2) is 18.7 Å². The van der Waals surface area contributed by atoms with E-state index >= 15 is 0 Å². The van der Waals surface area contributed by atoms with E-state index in [1.54, 1.807) is 19.1 Å². The molecule has 0 heterocycles. The number of carbonyl (C=O) groups excluding carboxylic acids is 1. The molecular weight excluding hydrogens is 393 g/mol. The molecule has 1 aliphatic carbocycles. The van der Waals surface area contributed by atoms with Crippen molar-refractivity contribution in [3.8, 4) is 5.75 Å². The van der Waals surface area contributed by atoms with Gasteiger partial charge in [-0.2, -0.15) is 13.2 Å². The molecule has 6 heteroatoms. The molecule has 0 bridgehead atoms. The summed E-state index contributed by atoms with van der Waals surface area (Å²) < 4.78 is 52.9. The van der Waals surface area contributed by atoms with Crippen LogP contribution in [0.15, 0.2) is 30.3 Å². The molecule has 0 aliphatic heterocycles. The molecule has 164 valence electrons. The standard InChI is InChI=1S/C24H29F3O3/c1-3-29-22(28)9-5-7-17-6-4-8-20-19(17)14-15-21(23(20)24(25,26)27)30-18-12-10-16(2)11-13-18/h4,6,8,14-16,18H,3,5,7,9-13H2,1-2H3. The fourth-order valence-corrected chi connectivity index (χ4v) is 4.19. The Labute approximate surface area is 175 Å². The highest BCUT2D eigenvalue weighted by atomic mass is 19.4. The van der Waals surface area contributed by atoms with Gasteiger partial charge < -0.3 is 9.47 Å². The summed E-state index contributed by atoms with van der Waals surface area (Å²) in [4.78, 5) is 11.5. The van der Waals surface area contributed by atoms with Crippen LogP contribution in [0.3, 0.4) is 0 Å². The van der Waals surface area contributed by atoms with Gasteiger partial charge in [0.05, 0.1) is 12.7 Å². The zero-order valence-corrected chi connectivity index (χ0v) is 17.6. The number of fused-ring (bicyclic) bond motifs is 1. The molecule has 1 aliphatic rings. The van der Waals surface area contributed by atoms with E-state index in [2.05, 4.69) is 6.92 Å².